The first-order valence-corrected chi connectivity index (χ1v) is 7.38. The fourth-order valence-corrected chi connectivity index (χ4v) is 2.29. The summed E-state index contributed by atoms with van der Waals surface area (Å²) in [7, 11) is 0. The average molecular weight is 358 g/mol. The summed E-state index contributed by atoms with van der Waals surface area (Å²) in [6.07, 6.45) is -0.615. The number of rotatable bonds is 4. The maximum absolute atomic E-state index is 12.0. The minimum atomic E-state index is -0.615. The number of nitrogens with one attached hydrogen (secondary N) is 1. The molecule has 1 atom stereocenters. The fraction of sp³-hybridized carbons (Fsp3) is 0.429. The molecule has 114 valence electrons. The van der Waals surface area contributed by atoms with Crippen LogP contribution in [0.15, 0.2) is 22.7 Å². The number of ether oxygens (including phenoxy) is 3. The number of benzene rings is 1. The van der Waals surface area contributed by atoms with Gasteiger partial charge in [-0.2, -0.15) is 0 Å². The molecule has 1 aliphatic heterocycles. The van der Waals surface area contributed by atoms with Gasteiger partial charge in [-0.1, -0.05) is 0 Å². The Bertz CT molecular complexity index is 528. The zero-order chi connectivity index (χ0) is 15.2. The minimum Gasteiger partial charge on any atom is -0.462 e. The third kappa shape index (κ3) is 4.26. The Morgan fingerprint density at radius 2 is 2.24 bits per heavy atom. The summed E-state index contributed by atoms with van der Waals surface area (Å²) >= 11 is 3.32. The summed E-state index contributed by atoms with van der Waals surface area (Å²) < 4.78 is 16.0. The van der Waals surface area contributed by atoms with Crippen molar-refractivity contribution in [3.8, 4) is 0 Å². The standard InChI is InChI=1S/C14H16BrNO5/c1-2-20-14(18)9-3-4-11(10(15)7-9)16-13(17)12-8-19-5-6-21-12/h3-4,7,12H,2,5-6,8H2,1H3,(H,16,17). The van der Waals surface area contributed by atoms with Crippen molar-refractivity contribution in [1.29, 1.82) is 0 Å². The van der Waals surface area contributed by atoms with Gasteiger partial charge in [0, 0.05) is 4.47 Å². The predicted molar refractivity (Wildman–Crippen MR) is 79.3 cm³/mol. The van der Waals surface area contributed by atoms with Crippen molar-refractivity contribution in [3.63, 3.8) is 0 Å². The summed E-state index contributed by atoms with van der Waals surface area (Å²) in [5.74, 6) is -0.681. The van der Waals surface area contributed by atoms with E-state index in [4.69, 9.17) is 14.2 Å². The van der Waals surface area contributed by atoms with Crippen LogP contribution in [-0.2, 0) is 19.0 Å². The smallest absolute Gasteiger partial charge is 0.338 e. The Morgan fingerprint density at radius 3 is 2.86 bits per heavy atom. The first kappa shape index (κ1) is 15.9. The van der Waals surface area contributed by atoms with E-state index in [2.05, 4.69) is 21.2 Å². The van der Waals surface area contributed by atoms with Gasteiger partial charge in [0.1, 0.15) is 0 Å². The van der Waals surface area contributed by atoms with Crippen molar-refractivity contribution in [2.24, 2.45) is 0 Å². The van der Waals surface area contributed by atoms with Crippen LogP contribution in [0.2, 0.25) is 0 Å². The van der Waals surface area contributed by atoms with Crippen LogP contribution in [0.5, 0.6) is 0 Å². The molecule has 0 spiro atoms. The van der Waals surface area contributed by atoms with Gasteiger partial charge in [0.05, 0.1) is 37.7 Å². The van der Waals surface area contributed by atoms with Crippen LogP contribution in [-0.4, -0.2) is 44.4 Å². The second-order valence-electron chi connectivity index (χ2n) is 4.34. The number of halogens is 1. The average Bonchev–Trinajstić information content (AvgIpc) is 2.50. The van der Waals surface area contributed by atoms with E-state index in [1.165, 1.54) is 0 Å². The SMILES string of the molecule is CCOC(=O)c1ccc(NC(=O)C2COCCO2)c(Br)c1. The molecule has 1 aliphatic rings. The molecular weight excluding hydrogens is 342 g/mol. The van der Waals surface area contributed by atoms with E-state index >= 15 is 0 Å². The van der Waals surface area contributed by atoms with Crippen molar-refractivity contribution < 1.29 is 23.8 Å². The van der Waals surface area contributed by atoms with Gasteiger partial charge < -0.3 is 19.5 Å². The van der Waals surface area contributed by atoms with E-state index in [0.29, 0.717) is 35.5 Å². The molecule has 21 heavy (non-hydrogen) atoms. The molecule has 1 unspecified atom stereocenters. The molecule has 1 aromatic rings. The number of hydrogen-bond donors (Lipinski definition) is 1. The highest BCUT2D eigenvalue weighted by molar-refractivity contribution is 9.10. The lowest BCUT2D eigenvalue weighted by Gasteiger charge is -2.22. The molecule has 7 heteroatoms. The molecule has 2 rings (SSSR count). The zero-order valence-corrected chi connectivity index (χ0v) is 13.1. The van der Waals surface area contributed by atoms with E-state index < -0.39 is 12.1 Å². The molecule has 1 heterocycles. The van der Waals surface area contributed by atoms with Gasteiger partial charge >= 0.3 is 5.97 Å². The Kier molecular flexibility index (Phi) is 5.72. The number of anilines is 1. The summed E-state index contributed by atoms with van der Waals surface area (Å²) in [6.45, 7) is 3.20. The van der Waals surface area contributed by atoms with Crippen LogP contribution in [0, 0.1) is 0 Å². The number of hydrogen-bond acceptors (Lipinski definition) is 5. The molecule has 0 saturated carbocycles. The van der Waals surface area contributed by atoms with Crippen molar-refractivity contribution in [1.82, 2.24) is 0 Å². The summed E-state index contributed by atoms with van der Waals surface area (Å²) in [6, 6.07) is 4.83. The first-order chi connectivity index (χ1) is 10.1. The number of amides is 1. The van der Waals surface area contributed by atoms with E-state index in [1.54, 1.807) is 25.1 Å². The van der Waals surface area contributed by atoms with E-state index in [1.807, 2.05) is 0 Å². The molecule has 1 amide bonds. The summed E-state index contributed by atoms with van der Waals surface area (Å²) in [5.41, 5.74) is 0.973. The van der Waals surface area contributed by atoms with Gasteiger partial charge in [0.25, 0.3) is 5.91 Å². The number of carbonyl (C=O) groups excluding carboxylic acids is 2. The quantitative estimate of drug-likeness (QED) is 0.834. The maximum Gasteiger partial charge on any atom is 0.338 e. The normalized spacial score (nSPS) is 18.1. The summed E-state index contributed by atoms with van der Waals surface area (Å²) in [5, 5.41) is 2.74. The zero-order valence-electron chi connectivity index (χ0n) is 11.6. The van der Waals surface area contributed by atoms with E-state index in [0.717, 1.165) is 0 Å². The second-order valence-corrected chi connectivity index (χ2v) is 5.19. The Labute approximate surface area is 130 Å². The number of esters is 1. The monoisotopic (exact) mass is 357 g/mol. The van der Waals surface area contributed by atoms with Crippen LogP contribution in [0.3, 0.4) is 0 Å². The van der Waals surface area contributed by atoms with Gasteiger partial charge in [-0.05, 0) is 41.1 Å². The predicted octanol–water partition coefficient (Wildman–Crippen LogP) is 1.98. The van der Waals surface area contributed by atoms with Crippen molar-refractivity contribution in [2.45, 2.75) is 13.0 Å². The highest BCUT2D eigenvalue weighted by Gasteiger charge is 2.23. The van der Waals surface area contributed by atoms with Crippen LogP contribution in [0.1, 0.15) is 17.3 Å². The van der Waals surface area contributed by atoms with Crippen molar-refractivity contribution >= 4 is 33.5 Å². The molecule has 1 N–H and O–H groups in total. The van der Waals surface area contributed by atoms with Gasteiger partial charge in [-0.25, -0.2) is 4.79 Å². The molecule has 0 radical (unpaired) electrons. The van der Waals surface area contributed by atoms with Gasteiger partial charge in [0.15, 0.2) is 6.10 Å². The van der Waals surface area contributed by atoms with E-state index in [-0.39, 0.29) is 12.5 Å². The third-order valence-electron chi connectivity index (χ3n) is 2.85. The van der Waals surface area contributed by atoms with E-state index in [9.17, 15) is 9.59 Å². The lowest BCUT2D eigenvalue weighted by atomic mass is 10.2. The first-order valence-electron chi connectivity index (χ1n) is 6.58. The Morgan fingerprint density at radius 1 is 1.43 bits per heavy atom. The molecule has 1 aromatic carbocycles. The molecule has 1 saturated heterocycles. The molecule has 0 bridgehead atoms. The molecule has 6 nitrogen and oxygen atoms in total. The second kappa shape index (κ2) is 7.53. The maximum atomic E-state index is 12.0. The molecule has 0 aromatic heterocycles. The Hall–Kier alpha value is -1.44. The molecule has 0 aliphatic carbocycles. The highest BCUT2D eigenvalue weighted by atomic mass is 79.9. The van der Waals surface area contributed by atoms with Crippen LogP contribution in [0.25, 0.3) is 0 Å². The Balaban J connectivity index is 2.03. The van der Waals surface area contributed by atoms with Gasteiger partial charge in [-0.15, -0.1) is 0 Å². The van der Waals surface area contributed by atoms with Crippen LogP contribution >= 0.6 is 15.9 Å². The van der Waals surface area contributed by atoms with Crippen molar-refractivity contribution in [3.05, 3.63) is 28.2 Å². The van der Waals surface area contributed by atoms with Gasteiger partial charge in [-0.3, -0.25) is 4.79 Å². The van der Waals surface area contributed by atoms with Crippen LogP contribution in [0.4, 0.5) is 5.69 Å². The largest absolute Gasteiger partial charge is 0.462 e. The minimum absolute atomic E-state index is 0.240. The highest BCUT2D eigenvalue weighted by Crippen LogP contribution is 2.24. The van der Waals surface area contributed by atoms with Gasteiger partial charge in [0.2, 0.25) is 0 Å². The molecular formula is C14H16BrNO5. The summed E-state index contributed by atoms with van der Waals surface area (Å²) in [4.78, 5) is 23.6. The topological polar surface area (TPSA) is 73.9 Å². The third-order valence-corrected chi connectivity index (χ3v) is 3.50. The lowest BCUT2D eigenvalue weighted by molar-refractivity contribution is -0.142. The van der Waals surface area contributed by atoms with Crippen molar-refractivity contribution in [2.75, 3.05) is 31.7 Å². The number of carbonyl (C=O) groups is 2. The molecule has 1 fully saturated rings. The fourth-order valence-electron chi connectivity index (χ4n) is 1.81. The lowest BCUT2D eigenvalue weighted by Crippen LogP contribution is -2.39. The van der Waals surface area contributed by atoms with Crippen LogP contribution < -0.4 is 5.32 Å².